The third kappa shape index (κ3) is 4.20. The Hall–Kier alpha value is -3.71. The number of ether oxygens (including phenoxy) is 1. The van der Waals surface area contributed by atoms with Crippen molar-refractivity contribution in [3.8, 4) is 11.6 Å². The molecule has 0 fully saturated rings. The summed E-state index contributed by atoms with van der Waals surface area (Å²) in [6, 6.07) is 4.07. The fourth-order valence-corrected chi connectivity index (χ4v) is 3.12. The molecule has 3 aromatic heterocycles. The smallest absolute Gasteiger partial charge is 0.434 e. The molecule has 4 rings (SSSR count). The van der Waals surface area contributed by atoms with Crippen LogP contribution in [-0.4, -0.2) is 45.5 Å². The number of hydrogen-bond acceptors (Lipinski definition) is 8. The van der Waals surface area contributed by atoms with E-state index < -0.39 is 23.3 Å². The monoisotopic (exact) mass is 466 g/mol. The lowest BCUT2D eigenvalue weighted by atomic mass is 10.2. The molecule has 32 heavy (non-hydrogen) atoms. The number of nitrogens with one attached hydrogen (secondary N) is 2. The number of halogens is 4. The first-order chi connectivity index (χ1) is 15.3. The standard InChI is InChI=1S/C18H14ClF3N8O2/c1-32-14-3-2-11(8-23-14)29-15(18(20,21)22)12(9-27-29)17(31)28-10-6-13(19)16(24-7-10)30-25-4-5-26-30/h2-4,6-9,26H,5H2,1H3,(H,28,31). The summed E-state index contributed by atoms with van der Waals surface area (Å²) in [5, 5.41) is 11.6. The van der Waals surface area contributed by atoms with Crippen LogP contribution in [0.15, 0.2) is 41.9 Å². The predicted molar refractivity (Wildman–Crippen MR) is 109 cm³/mol. The molecule has 0 radical (unpaired) electrons. The number of alkyl halides is 3. The molecule has 0 aliphatic carbocycles. The fourth-order valence-electron chi connectivity index (χ4n) is 2.88. The molecule has 0 saturated heterocycles. The quantitative estimate of drug-likeness (QED) is 0.595. The van der Waals surface area contributed by atoms with Gasteiger partial charge < -0.3 is 10.1 Å². The first-order valence-electron chi connectivity index (χ1n) is 8.96. The van der Waals surface area contributed by atoms with E-state index in [0.29, 0.717) is 11.2 Å². The number of hydrazone groups is 1. The minimum Gasteiger partial charge on any atom is -0.481 e. The maximum absolute atomic E-state index is 13.8. The summed E-state index contributed by atoms with van der Waals surface area (Å²) in [5.74, 6) is -0.544. The van der Waals surface area contributed by atoms with Crippen molar-refractivity contribution in [2.24, 2.45) is 5.10 Å². The van der Waals surface area contributed by atoms with Crippen molar-refractivity contribution in [3.05, 3.63) is 53.1 Å². The summed E-state index contributed by atoms with van der Waals surface area (Å²) >= 11 is 6.17. The highest BCUT2D eigenvalue weighted by atomic mass is 35.5. The molecule has 1 amide bonds. The van der Waals surface area contributed by atoms with E-state index in [2.05, 4.69) is 30.9 Å². The van der Waals surface area contributed by atoms with Gasteiger partial charge in [0, 0.05) is 12.3 Å². The van der Waals surface area contributed by atoms with Gasteiger partial charge >= 0.3 is 6.18 Å². The number of amides is 1. The van der Waals surface area contributed by atoms with Crippen LogP contribution in [0.2, 0.25) is 5.02 Å². The normalized spacial score (nSPS) is 13.5. The van der Waals surface area contributed by atoms with Crippen LogP contribution in [0, 0.1) is 0 Å². The molecule has 0 aromatic carbocycles. The first kappa shape index (κ1) is 21.5. The lowest BCUT2D eigenvalue weighted by molar-refractivity contribution is -0.143. The van der Waals surface area contributed by atoms with E-state index >= 15 is 0 Å². The minimum atomic E-state index is -4.87. The number of rotatable bonds is 5. The van der Waals surface area contributed by atoms with Gasteiger partial charge in [-0.1, -0.05) is 11.6 Å². The summed E-state index contributed by atoms with van der Waals surface area (Å²) in [6.07, 6.45) is -0.0426. The first-order valence-corrected chi connectivity index (χ1v) is 9.34. The van der Waals surface area contributed by atoms with E-state index in [9.17, 15) is 18.0 Å². The van der Waals surface area contributed by atoms with Crippen molar-refractivity contribution >= 4 is 35.2 Å². The Bertz CT molecular complexity index is 1180. The Morgan fingerprint density at radius 2 is 2.06 bits per heavy atom. The molecule has 10 nitrogen and oxygen atoms in total. The Kier molecular flexibility index (Phi) is 5.67. The van der Waals surface area contributed by atoms with Gasteiger partial charge in [-0.05, 0) is 12.1 Å². The highest BCUT2D eigenvalue weighted by Gasteiger charge is 2.40. The molecule has 0 unspecified atom stereocenters. The summed E-state index contributed by atoms with van der Waals surface area (Å²) in [7, 11) is 1.38. The molecule has 166 valence electrons. The molecule has 0 spiro atoms. The van der Waals surface area contributed by atoms with Gasteiger partial charge in [-0.3, -0.25) is 4.79 Å². The number of carbonyl (C=O) groups is 1. The number of aromatic nitrogens is 4. The lowest BCUT2D eigenvalue weighted by Crippen LogP contribution is -2.29. The van der Waals surface area contributed by atoms with E-state index in [-0.39, 0.29) is 28.1 Å². The number of hydrogen-bond donors (Lipinski definition) is 2. The van der Waals surface area contributed by atoms with Crippen molar-refractivity contribution in [2.75, 3.05) is 24.1 Å². The predicted octanol–water partition coefficient (Wildman–Crippen LogP) is 2.91. The average Bonchev–Trinajstić information content (AvgIpc) is 3.44. The third-order valence-electron chi connectivity index (χ3n) is 4.27. The summed E-state index contributed by atoms with van der Waals surface area (Å²) in [4.78, 5) is 20.6. The molecule has 3 aromatic rings. The third-order valence-corrected chi connectivity index (χ3v) is 4.54. The van der Waals surface area contributed by atoms with Crippen molar-refractivity contribution in [1.82, 2.24) is 25.2 Å². The van der Waals surface area contributed by atoms with Gasteiger partial charge in [-0.2, -0.15) is 28.5 Å². The van der Waals surface area contributed by atoms with Crippen molar-refractivity contribution in [2.45, 2.75) is 6.18 Å². The Morgan fingerprint density at radius 1 is 1.25 bits per heavy atom. The molecule has 1 aliphatic rings. The largest absolute Gasteiger partial charge is 0.481 e. The van der Waals surface area contributed by atoms with E-state index in [0.717, 1.165) is 12.4 Å². The minimum absolute atomic E-state index is 0.00454. The summed E-state index contributed by atoms with van der Waals surface area (Å²) < 4.78 is 46.9. The van der Waals surface area contributed by atoms with Gasteiger partial charge in [-0.15, -0.1) is 0 Å². The maximum atomic E-state index is 13.8. The van der Waals surface area contributed by atoms with Gasteiger partial charge in [-0.25, -0.2) is 20.1 Å². The highest BCUT2D eigenvalue weighted by molar-refractivity contribution is 6.33. The van der Waals surface area contributed by atoms with E-state index in [1.807, 2.05) is 0 Å². The van der Waals surface area contributed by atoms with Crippen LogP contribution in [0.4, 0.5) is 24.7 Å². The van der Waals surface area contributed by atoms with E-state index in [1.54, 1.807) is 6.21 Å². The Labute approximate surface area is 183 Å². The van der Waals surface area contributed by atoms with Gasteiger partial charge in [0.1, 0.15) is 0 Å². The summed E-state index contributed by atoms with van der Waals surface area (Å²) in [5.41, 5.74) is 1.04. The van der Waals surface area contributed by atoms with Crippen LogP contribution in [0.1, 0.15) is 16.1 Å². The van der Waals surface area contributed by atoms with Crippen LogP contribution in [-0.2, 0) is 6.18 Å². The van der Waals surface area contributed by atoms with Crippen LogP contribution in [0.5, 0.6) is 5.88 Å². The molecule has 14 heteroatoms. The van der Waals surface area contributed by atoms with Gasteiger partial charge in [0.25, 0.3) is 5.91 Å². The molecule has 2 N–H and O–H groups in total. The van der Waals surface area contributed by atoms with E-state index in [4.69, 9.17) is 16.3 Å². The summed E-state index contributed by atoms with van der Waals surface area (Å²) in [6.45, 7) is 0.490. The number of nitrogens with zero attached hydrogens (tertiary/aromatic N) is 6. The van der Waals surface area contributed by atoms with Crippen molar-refractivity contribution in [1.29, 1.82) is 0 Å². The second kappa shape index (κ2) is 8.43. The van der Waals surface area contributed by atoms with Crippen molar-refractivity contribution < 1.29 is 22.7 Å². The maximum Gasteiger partial charge on any atom is 0.434 e. The molecule has 4 heterocycles. The number of methoxy groups -OCH3 is 1. The van der Waals surface area contributed by atoms with Crippen LogP contribution >= 0.6 is 11.6 Å². The van der Waals surface area contributed by atoms with Gasteiger partial charge in [0.2, 0.25) is 5.88 Å². The lowest BCUT2D eigenvalue weighted by Gasteiger charge is -2.15. The Morgan fingerprint density at radius 3 is 2.66 bits per heavy atom. The number of hydrazine groups is 1. The van der Waals surface area contributed by atoms with Gasteiger partial charge in [0.05, 0.1) is 54.2 Å². The second-order valence-electron chi connectivity index (χ2n) is 6.33. The molecule has 1 aliphatic heterocycles. The van der Waals surface area contributed by atoms with Crippen molar-refractivity contribution in [3.63, 3.8) is 0 Å². The highest BCUT2D eigenvalue weighted by Crippen LogP contribution is 2.34. The molecular weight excluding hydrogens is 453 g/mol. The van der Waals surface area contributed by atoms with Crippen LogP contribution in [0.3, 0.4) is 0 Å². The number of anilines is 2. The molecular formula is C18H14ClF3N8O2. The van der Waals surface area contributed by atoms with Crippen LogP contribution < -0.4 is 20.6 Å². The zero-order valence-corrected chi connectivity index (χ0v) is 17.0. The molecule has 0 bridgehead atoms. The number of carbonyl (C=O) groups excluding carboxylic acids is 1. The number of pyridine rings is 2. The zero-order valence-electron chi connectivity index (χ0n) is 16.3. The SMILES string of the molecule is COc1ccc(-n2ncc(C(=O)Nc3cnc(N4N=CCN4)c(Cl)c3)c2C(F)(F)F)cn1. The topological polar surface area (TPSA) is 110 Å². The molecule has 0 atom stereocenters. The fraction of sp³-hybridized carbons (Fsp3) is 0.167. The second-order valence-corrected chi connectivity index (χ2v) is 6.74. The Balaban J connectivity index is 1.63. The van der Waals surface area contributed by atoms with Gasteiger partial charge in [0.15, 0.2) is 11.5 Å². The average molecular weight is 467 g/mol. The van der Waals surface area contributed by atoms with E-state index in [1.165, 1.54) is 36.6 Å². The molecule has 0 saturated carbocycles. The van der Waals surface area contributed by atoms with Crippen LogP contribution in [0.25, 0.3) is 5.69 Å². The zero-order chi connectivity index (χ0) is 22.9.